The van der Waals surface area contributed by atoms with Crippen molar-refractivity contribution in [2.24, 2.45) is 0 Å². The first-order valence-electron chi connectivity index (χ1n) is 8.61. The van der Waals surface area contributed by atoms with Gasteiger partial charge < -0.3 is 19.2 Å². The summed E-state index contributed by atoms with van der Waals surface area (Å²) in [4.78, 5) is 0. The maximum atomic E-state index is 5.45. The third kappa shape index (κ3) is 3.48. The van der Waals surface area contributed by atoms with Crippen molar-refractivity contribution in [1.29, 1.82) is 0 Å². The molecule has 5 heteroatoms. The average molecular weight is 354 g/mol. The van der Waals surface area contributed by atoms with Crippen LogP contribution in [0.5, 0.6) is 17.2 Å². The molecule has 0 bridgehead atoms. The first-order chi connectivity index (χ1) is 12.6. The van der Waals surface area contributed by atoms with E-state index in [4.69, 9.17) is 14.2 Å². The molecule has 1 aliphatic heterocycles. The Kier molecular flexibility index (Phi) is 5.38. The highest BCUT2D eigenvalue weighted by molar-refractivity contribution is 5.45. The van der Waals surface area contributed by atoms with Gasteiger partial charge in [0.1, 0.15) is 5.75 Å². The van der Waals surface area contributed by atoms with Gasteiger partial charge in [-0.3, -0.25) is 0 Å². The number of rotatable bonds is 6. The highest BCUT2D eigenvalue weighted by Gasteiger charge is 2.28. The Morgan fingerprint density at radius 1 is 0.885 bits per heavy atom. The van der Waals surface area contributed by atoms with Crippen LogP contribution in [0.2, 0.25) is 0 Å². The Hall–Kier alpha value is -2.66. The van der Waals surface area contributed by atoms with Crippen LogP contribution in [0.25, 0.3) is 0 Å². The minimum Gasteiger partial charge on any atom is -0.497 e. The molecule has 2 aromatic carbocycles. The molecule has 5 nitrogen and oxygen atoms in total. The lowest BCUT2D eigenvalue weighted by molar-refractivity contribution is 0.0268. The van der Waals surface area contributed by atoms with Crippen molar-refractivity contribution in [1.82, 2.24) is 10.0 Å². The van der Waals surface area contributed by atoms with Crippen molar-refractivity contribution in [3.8, 4) is 17.2 Å². The van der Waals surface area contributed by atoms with E-state index in [1.807, 2.05) is 24.3 Å². The highest BCUT2D eigenvalue weighted by Crippen LogP contribution is 2.37. The summed E-state index contributed by atoms with van der Waals surface area (Å²) in [5.74, 6) is 2.37. The van der Waals surface area contributed by atoms with E-state index in [9.17, 15) is 0 Å². The first-order valence-corrected chi connectivity index (χ1v) is 8.61. The standard InChI is InChI=1S/C21H26N2O3/c1-15-12-19(17-8-11-20(25-4)21(13-17)26-5)22(2)23(15)14-16-6-9-18(24-3)10-7-16/h6-13,19H,14H2,1-5H3. The van der Waals surface area contributed by atoms with E-state index in [-0.39, 0.29) is 6.04 Å². The number of nitrogens with zero attached hydrogens (tertiary/aromatic N) is 2. The summed E-state index contributed by atoms with van der Waals surface area (Å²) in [5, 5.41) is 4.53. The maximum Gasteiger partial charge on any atom is 0.161 e. The number of ether oxygens (including phenoxy) is 3. The van der Waals surface area contributed by atoms with Gasteiger partial charge in [0.15, 0.2) is 11.5 Å². The zero-order valence-corrected chi connectivity index (χ0v) is 16.0. The van der Waals surface area contributed by atoms with Crippen molar-refractivity contribution in [2.45, 2.75) is 19.5 Å². The van der Waals surface area contributed by atoms with E-state index < -0.39 is 0 Å². The van der Waals surface area contributed by atoms with Gasteiger partial charge in [0.2, 0.25) is 0 Å². The Morgan fingerprint density at radius 2 is 1.58 bits per heavy atom. The number of hydrogen-bond acceptors (Lipinski definition) is 5. The van der Waals surface area contributed by atoms with Crippen molar-refractivity contribution in [3.63, 3.8) is 0 Å². The van der Waals surface area contributed by atoms with E-state index in [2.05, 4.69) is 48.3 Å². The molecule has 0 amide bonds. The summed E-state index contributed by atoms with van der Waals surface area (Å²) in [7, 11) is 7.11. The van der Waals surface area contributed by atoms with E-state index in [1.165, 1.54) is 16.8 Å². The number of likely N-dealkylation sites (N-methyl/N-ethyl adjacent to an activating group) is 1. The molecular formula is C21H26N2O3. The third-order valence-electron chi connectivity index (χ3n) is 4.83. The van der Waals surface area contributed by atoms with Gasteiger partial charge in [-0.25, -0.2) is 5.01 Å². The van der Waals surface area contributed by atoms with Crippen LogP contribution < -0.4 is 14.2 Å². The van der Waals surface area contributed by atoms with Crippen LogP contribution in [-0.4, -0.2) is 38.4 Å². The predicted octanol–water partition coefficient (Wildman–Crippen LogP) is 4.02. The van der Waals surface area contributed by atoms with Gasteiger partial charge >= 0.3 is 0 Å². The molecule has 0 aromatic heterocycles. The van der Waals surface area contributed by atoms with Crippen LogP contribution in [0.4, 0.5) is 0 Å². The van der Waals surface area contributed by atoms with Crippen LogP contribution >= 0.6 is 0 Å². The van der Waals surface area contributed by atoms with Gasteiger partial charge in [0, 0.05) is 12.7 Å². The van der Waals surface area contributed by atoms with Gasteiger partial charge in [-0.2, -0.15) is 0 Å². The second-order valence-electron chi connectivity index (χ2n) is 6.35. The molecule has 0 aliphatic carbocycles. The van der Waals surface area contributed by atoms with Crippen LogP contribution in [0.15, 0.2) is 54.2 Å². The van der Waals surface area contributed by atoms with E-state index >= 15 is 0 Å². The quantitative estimate of drug-likeness (QED) is 0.783. The lowest BCUT2D eigenvalue weighted by Gasteiger charge is -2.32. The van der Waals surface area contributed by atoms with Crippen LogP contribution in [0, 0.1) is 0 Å². The van der Waals surface area contributed by atoms with Gasteiger partial charge in [-0.05, 0) is 48.4 Å². The van der Waals surface area contributed by atoms with Crippen LogP contribution in [-0.2, 0) is 6.54 Å². The summed E-state index contributed by atoms with van der Waals surface area (Å²) in [6, 6.07) is 14.4. The fourth-order valence-electron chi connectivity index (χ4n) is 3.31. The summed E-state index contributed by atoms with van der Waals surface area (Å²) in [5.41, 5.74) is 3.63. The van der Waals surface area contributed by atoms with Gasteiger partial charge in [0.05, 0.1) is 33.9 Å². The smallest absolute Gasteiger partial charge is 0.161 e. The Labute approximate surface area is 155 Å². The minimum atomic E-state index is 0.160. The third-order valence-corrected chi connectivity index (χ3v) is 4.83. The zero-order chi connectivity index (χ0) is 18.7. The number of benzene rings is 2. The zero-order valence-electron chi connectivity index (χ0n) is 16.0. The molecule has 0 radical (unpaired) electrons. The predicted molar refractivity (Wildman–Crippen MR) is 102 cm³/mol. The molecule has 0 N–H and O–H groups in total. The molecule has 0 saturated heterocycles. The Balaban J connectivity index is 1.79. The summed E-state index contributed by atoms with van der Waals surface area (Å²) in [6.45, 7) is 2.95. The summed E-state index contributed by atoms with van der Waals surface area (Å²) >= 11 is 0. The molecular weight excluding hydrogens is 328 g/mol. The molecule has 1 atom stereocenters. The van der Waals surface area contributed by atoms with E-state index in [1.54, 1.807) is 21.3 Å². The molecule has 1 unspecified atom stereocenters. The van der Waals surface area contributed by atoms with Gasteiger partial charge in [-0.15, -0.1) is 0 Å². The molecule has 138 valence electrons. The van der Waals surface area contributed by atoms with Crippen molar-refractivity contribution in [2.75, 3.05) is 28.4 Å². The van der Waals surface area contributed by atoms with Crippen molar-refractivity contribution >= 4 is 0 Å². The van der Waals surface area contributed by atoms with Crippen molar-refractivity contribution < 1.29 is 14.2 Å². The second kappa shape index (κ2) is 7.70. The van der Waals surface area contributed by atoms with Gasteiger partial charge in [-0.1, -0.05) is 18.2 Å². The molecule has 26 heavy (non-hydrogen) atoms. The number of methoxy groups -OCH3 is 3. The molecule has 3 rings (SSSR count). The maximum absolute atomic E-state index is 5.45. The first kappa shape index (κ1) is 18.1. The minimum absolute atomic E-state index is 0.160. The molecule has 1 heterocycles. The number of hydrazine groups is 1. The molecule has 2 aromatic rings. The normalized spacial score (nSPS) is 17.2. The van der Waals surface area contributed by atoms with Gasteiger partial charge in [0.25, 0.3) is 0 Å². The van der Waals surface area contributed by atoms with E-state index in [0.29, 0.717) is 0 Å². The molecule has 0 fully saturated rings. The summed E-state index contributed by atoms with van der Waals surface area (Å²) in [6.07, 6.45) is 2.27. The molecule has 0 saturated carbocycles. The number of allylic oxidation sites excluding steroid dienone is 1. The Bertz CT molecular complexity index is 786. The topological polar surface area (TPSA) is 34.2 Å². The largest absolute Gasteiger partial charge is 0.497 e. The van der Waals surface area contributed by atoms with E-state index in [0.717, 1.165) is 23.8 Å². The lowest BCUT2D eigenvalue weighted by atomic mass is 10.1. The fraction of sp³-hybridized carbons (Fsp3) is 0.333. The lowest BCUT2D eigenvalue weighted by Crippen LogP contribution is -2.34. The van der Waals surface area contributed by atoms with Crippen molar-refractivity contribution in [3.05, 3.63) is 65.4 Å². The second-order valence-corrected chi connectivity index (χ2v) is 6.35. The molecule has 1 aliphatic rings. The number of hydrogen-bond donors (Lipinski definition) is 0. The SMILES string of the molecule is COc1ccc(CN2C(C)=CC(c3ccc(OC)c(OC)c3)N2C)cc1. The molecule has 0 spiro atoms. The highest BCUT2D eigenvalue weighted by atomic mass is 16.5. The van der Waals surface area contributed by atoms with Crippen LogP contribution in [0.1, 0.15) is 24.1 Å². The average Bonchev–Trinajstić information content (AvgIpc) is 2.96. The monoisotopic (exact) mass is 354 g/mol. The fourth-order valence-corrected chi connectivity index (χ4v) is 3.31. The summed E-state index contributed by atoms with van der Waals surface area (Å²) < 4.78 is 16.0. The van der Waals surface area contributed by atoms with Crippen LogP contribution in [0.3, 0.4) is 0 Å². The Morgan fingerprint density at radius 3 is 2.19 bits per heavy atom.